The fraction of sp³-hybridized carbons (Fsp3) is 0.562. The summed E-state index contributed by atoms with van der Waals surface area (Å²) in [5.74, 6) is 1.19. The average Bonchev–Trinajstić information content (AvgIpc) is 3.22. The molecule has 0 radical (unpaired) electrons. The van der Waals surface area contributed by atoms with Crippen molar-refractivity contribution >= 4 is 22.6 Å². The van der Waals surface area contributed by atoms with Crippen molar-refractivity contribution in [2.75, 3.05) is 37.3 Å². The predicted molar refractivity (Wildman–Crippen MR) is 88.1 cm³/mol. The van der Waals surface area contributed by atoms with Crippen LogP contribution in [0.1, 0.15) is 24.4 Å². The third-order valence-corrected chi connectivity index (χ3v) is 5.36. The van der Waals surface area contributed by atoms with Crippen LogP contribution in [0.3, 0.4) is 0 Å². The van der Waals surface area contributed by atoms with Gasteiger partial charge in [-0.2, -0.15) is 0 Å². The lowest BCUT2D eigenvalue weighted by Gasteiger charge is -2.15. The van der Waals surface area contributed by atoms with Crippen LogP contribution < -0.4 is 5.32 Å². The normalized spacial score (nSPS) is 27.8. The third-order valence-electron chi connectivity index (χ3n) is 4.35. The Labute approximate surface area is 130 Å². The molecule has 1 N–H and O–H groups in total. The number of ether oxygens (including phenoxy) is 1. The summed E-state index contributed by atoms with van der Waals surface area (Å²) in [7, 11) is 0. The van der Waals surface area contributed by atoms with Gasteiger partial charge < -0.3 is 15.0 Å². The molecule has 3 heterocycles. The van der Waals surface area contributed by atoms with Gasteiger partial charge in [-0.1, -0.05) is 23.9 Å². The summed E-state index contributed by atoms with van der Waals surface area (Å²) in [6.45, 7) is 4.01. The third kappa shape index (κ3) is 2.90. The molecular weight excluding hydrogens is 282 g/mol. The van der Waals surface area contributed by atoms with E-state index in [2.05, 4.69) is 34.5 Å². The lowest BCUT2D eigenvalue weighted by molar-refractivity contribution is 0.120. The van der Waals surface area contributed by atoms with Crippen LogP contribution in [0.2, 0.25) is 0 Å². The van der Waals surface area contributed by atoms with E-state index in [0.29, 0.717) is 12.1 Å². The van der Waals surface area contributed by atoms with Gasteiger partial charge in [-0.05, 0) is 30.5 Å². The van der Waals surface area contributed by atoms with Gasteiger partial charge in [0.1, 0.15) is 0 Å². The lowest BCUT2D eigenvalue weighted by Crippen LogP contribution is -2.22. The maximum absolute atomic E-state index is 5.66. The summed E-state index contributed by atoms with van der Waals surface area (Å²) >= 11 is 1.89. The number of hydrogen-bond donors (Lipinski definition) is 1. The number of amidine groups is 1. The fourth-order valence-electron chi connectivity index (χ4n) is 3.18. The Bertz CT molecular complexity index is 542. The lowest BCUT2D eigenvalue weighted by atomic mass is 10.1. The molecule has 3 aliphatic heterocycles. The largest absolute Gasteiger partial charge is 0.382 e. The minimum atomic E-state index is 0.303. The standard InChI is InChI=1S/C16H21N3OS/c1-3-12(15-11-19-6-8-21-16(19)18-15)9-13(4-1)17-10-14-5-2-7-20-14/h1,3-4,9,14-15,17H,2,5-8,10-11H2. The molecule has 5 heteroatoms. The van der Waals surface area contributed by atoms with Gasteiger partial charge in [-0.3, -0.25) is 4.99 Å². The number of fused-ring (bicyclic) bond motifs is 1. The fourth-order valence-corrected chi connectivity index (χ4v) is 4.22. The molecule has 2 unspecified atom stereocenters. The molecular formula is C16H21N3OS. The highest BCUT2D eigenvalue weighted by atomic mass is 32.2. The maximum atomic E-state index is 5.66. The van der Waals surface area contributed by atoms with E-state index < -0.39 is 0 Å². The first-order valence-electron chi connectivity index (χ1n) is 7.79. The first kappa shape index (κ1) is 13.5. The van der Waals surface area contributed by atoms with Crippen molar-refractivity contribution in [1.29, 1.82) is 0 Å². The van der Waals surface area contributed by atoms with Gasteiger partial charge in [0.05, 0.1) is 12.1 Å². The summed E-state index contributed by atoms with van der Waals surface area (Å²) in [6, 6.07) is 9.01. The van der Waals surface area contributed by atoms with Crippen molar-refractivity contribution in [3.05, 3.63) is 29.8 Å². The van der Waals surface area contributed by atoms with Crippen LogP contribution in [-0.2, 0) is 4.74 Å². The number of nitrogens with one attached hydrogen (secondary N) is 1. The van der Waals surface area contributed by atoms with Crippen LogP contribution in [-0.4, -0.2) is 48.2 Å². The Balaban J connectivity index is 1.42. The molecule has 3 aliphatic rings. The molecule has 0 aliphatic carbocycles. The van der Waals surface area contributed by atoms with Crippen molar-refractivity contribution in [2.24, 2.45) is 4.99 Å². The van der Waals surface area contributed by atoms with E-state index in [9.17, 15) is 0 Å². The van der Waals surface area contributed by atoms with E-state index in [0.717, 1.165) is 26.2 Å². The molecule has 4 nitrogen and oxygen atoms in total. The van der Waals surface area contributed by atoms with Crippen LogP contribution in [0.4, 0.5) is 5.69 Å². The molecule has 4 rings (SSSR count). The van der Waals surface area contributed by atoms with Crippen LogP contribution in [0, 0.1) is 0 Å². The number of rotatable bonds is 4. The smallest absolute Gasteiger partial charge is 0.160 e. The molecule has 1 aromatic rings. The first-order valence-corrected chi connectivity index (χ1v) is 8.78. The minimum Gasteiger partial charge on any atom is -0.382 e. The van der Waals surface area contributed by atoms with Crippen molar-refractivity contribution < 1.29 is 4.74 Å². The molecule has 21 heavy (non-hydrogen) atoms. The second-order valence-electron chi connectivity index (χ2n) is 5.86. The minimum absolute atomic E-state index is 0.303. The SMILES string of the molecule is c1cc(NCC2CCCO2)cc(C2CN3CCSC3=N2)c1. The first-order chi connectivity index (χ1) is 10.4. The Kier molecular flexibility index (Phi) is 3.78. The van der Waals surface area contributed by atoms with Crippen LogP contribution in [0.25, 0.3) is 0 Å². The van der Waals surface area contributed by atoms with E-state index >= 15 is 0 Å². The Morgan fingerprint density at radius 2 is 2.43 bits per heavy atom. The van der Waals surface area contributed by atoms with Crippen LogP contribution in [0.15, 0.2) is 29.3 Å². The molecule has 0 saturated carbocycles. The van der Waals surface area contributed by atoms with E-state index in [4.69, 9.17) is 9.73 Å². The Morgan fingerprint density at radius 3 is 3.29 bits per heavy atom. The van der Waals surface area contributed by atoms with Crippen molar-refractivity contribution in [3.8, 4) is 0 Å². The van der Waals surface area contributed by atoms with Crippen molar-refractivity contribution in [2.45, 2.75) is 25.0 Å². The van der Waals surface area contributed by atoms with Crippen LogP contribution >= 0.6 is 11.8 Å². The summed E-state index contributed by atoms with van der Waals surface area (Å²) in [5.41, 5.74) is 2.50. The number of aliphatic imine (C=N–C) groups is 1. The molecule has 112 valence electrons. The van der Waals surface area contributed by atoms with Crippen molar-refractivity contribution in [3.63, 3.8) is 0 Å². The van der Waals surface area contributed by atoms with Crippen molar-refractivity contribution in [1.82, 2.24) is 4.90 Å². The number of anilines is 1. The summed E-state index contributed by atoms with van der Waals surface area (Å²) in [5, 5.41) is 4.74. The monoisotopic (exact) mass is 303 g/mol. The number of thioether (sulfide) groups is 1. The summed E-state index contributed by atoms with van der Waals surface area (Å²) in [6.07, 6.45) is 2.75. The van der Waals surface area contributed by atoms with E-state index in [1.807, 2.05) is 11.8 Å². The molecule has 2 saturated heterocycles. The maximum Gasteiger partial charge on any atom is 0.160 e. The molecule has 1 aromatic carbocycles. The highest BCUT2D eigenvalue weighted by Gasteiger charge is 2.30. The van der Waals surface area contributed by atoms with Gasteiger partial charge in [0, 0.05) is 37.7 Å². The predicted octanol–water partition coefficient (Wildman–Crippen LogP) is 2.74. The highest BCUT2D eigenvalue weighted by molar-refractivity contribution is 8.14. The number of nitrogens with zero attached hydrogens (tertiary/aromatic N) is 2. The topological polar surface area (TPSA) is 36.9 Å². The average molecular weight is 303 g/mol. The number of benzene rings is 1. The van der Waals surface area contributed by atoms with Gasteiger partial charge >= 0.3 is 0 Å². The number of hydrogen-bond acceptors (Lipinski definition) is 5. The Morgan fingerprint density at radius 1 is 1.43 bits per heavy atom. The molecule has 0 aromatic heterocycles. The van der Waals surface area contributed by atoms with Gasteiger partial charge in [0.15, 0.2) is 5.17 Å². The van der Waals surface area contributed by atoms with Gasteiger partial charge in [-0.15, -0.1) is 0 Å². The van der Waals surface area contributed by atoms with Gasteiger partial charge in [-0.25, -0.2) is 0 Å². The zero-order valence-electron chi connectivity index (χ0n) is 12.1. The van der Waals surface area contributed by atoms with E-state index in [-0.39, 0.29) is 0 Å². The molecule has 2 atom stereocenters. The second kappa shape index (κ2) is 5.89. The highest BCUT2D eigenvalue weighted by Crippen LogP contribution is 2.33. The van der Waals surface area contributed by atoms with Crippen LogP contribution in [0.5, 0.6) is 0 Å². The zero-order chi connectivity index (χ0) is 14.1. The zero-order valence-corrected chi connectivity index (χ0v) is 12.9. The molecule has 0 bridgehead atoms. The molecule has 0 spiro atoms. The van der Waals surface area contributed by atoms with Gasteiger partial charge in [0.2, 0.25) is 0 Å². The van der Waals surface area contributed by atoms with E-state index in [1.165, 1.54) is 35.0 Å². The van der Waals surface area contributed by atoms with Gasteiger partial charge in [0.25, 0.3) is 0 Å². The van der Waals surface area contributed by atoms with E-state index in [1.54, 1.807) is 0 Å². The molecule has 0 amide bonds. The Hall–Kier alpha value is -1.20. The summed E-state index contributed by atoms with van der Waals surface area (Å²) < 4.78 is 5.66. The molecule has 2 fully saturated rings. The second-order valence-corrected chi connectivity index (χ2v) is 6.93. The summed E-state index contributed by atoms with van der Waals surface area (Å²) in [4.78, 5) is 7.26. The quantitative estimate of drug-likeness (QED) is 0.928.